The Morgan fingerprint density at radius 3 is 2.62 bits per heavy atom. The first kappa shape index (κ1) is 21.8. The quantitative estimate of drug-likeness (QED) is 0.273. The van der Waals surface area contributed by atoms with Gasteiger partial charge in [0.15, 0.2) is 16.7 Å². The van der Waals surface area contributed by atoms with Crippen LogP contribution >= 0.6 is 11.8 Å². The molecule has 0 aliphatic rings. The van der Waals surface area contributed by atoms with Crippen LogP contribution in [0.2, 0.25) is 0 Å². The van der Waals surface area contributed by atoms with Crippen LogP contribution in [0.15, 0.2) is 76.7 Å². The lowest BCUT2D eigenvalue weighted by atomic mass is 10.1. The van der Waals surface area contributed by atoms with Gasteiger partial charge in [0, 0.05) is 47.5 Å². The highest BCUT2D eigenvalue weighted by atomic mass is 32.2. The van der Waals surface area contributed by atoms with Crippen LogP contribution in [0.5, 0.6) is 0 Å². The van der Waals surface area contributed by atoms with Gasteiger partial charge in [-0.3, -0.25) is 4.79 Å². The van der Waals surface area contributed by atoms with Gasteiger partial charge in [0.1, 0.15) is 5.58 Å². The third kappa shape index (κ3) is 4.55. The summed E-state index contributed by atoms with van der Waals surface area (Å²) in [6.45, 7) is 4.27. The van der Waals surface area contributed by atoms with Crippen molar-refractivity contribution in [3.8, 4) is 5.82 Å². The number of furan rings is 1. The summed E-state index contributed by atoms with van der Waals surface area (Å²) >= 11 is 1.46. The van der Waals surface area contributed by atoms with Gasteiger partial charge in [-0.15, -0.1) is 0 Å². The van der Waals surface area contributed by atoms with Crippen molar-refractivity contribution in [3.05, 3.63) is 95.4 Å². The molecule has 5 aromatic rings. The maximum absolute atomic E-state index is 13.1. The molecule has 0 radical (unpaired) electrons. The van der Waals surface area contributed by atoms with E-state index in [9.17, 15) is 4.79 Å². The van der Waals surface area contributed by atoms with Gasteiger partial charge in [-0.05, 0) is 43.7 Å². The molecule has 34 heavy (non-hydrogen) atoms. The molecule has 1 aromatic carbocycles. The summed E-state index contributed by atoms with van der Waals surface area (Å²) in [5, 5.41) is 8.96. The highest BCUT2D eigenvalue weighted by Crippen LogP contribution is 2.31. The lowest BCUT2D eigenvalue weighted by Crippen LogP contribution is -2.23. The zero-order valence-electron chi connectivity index (χ0n) is 18.7. The van der Waals surface area contributed by atoms with Crippen LogP contribution in [0.25, 0.3) is 16.8 Å². The fourth-order valence-corrected chi connectivity index (χ4v) is 4.52. The number of rotatable bonds is 7. The fourth-order valence-electron chi connectivity index (χ4n) is 3.69. The minimum Gasteiger partial charge on any atom is -0.451 e. The van der Waals surface area contributed by atoms with Crippen molar-refractivity contribution < 1.29 is 9.21 Å². The smallest absolute Gasteiger partial charge is 0.287 e. The van der Waals surface area contributed by atoms with Crippen molar-refractivity contribution >= 4 is 28.6 Å². The van der Waals surface area contributed by atoms with Gasteiger partial charge in [0.2, 0.25) is 0 Å². The Morgan fingerprint density at radius 1 is 1.06 bits per heavy atom. The van der Waals surface area contributed by atoms with Crippen LogP contribution in [0, 0.1) is 13.8 Å². The molecule has 0 saturated heterocycles. The summed E-state index contributed by atoms with van der Waals surface area (Å²) in [7, 11) is 0. The van der Waals surface area contributed by atoms with Crippen LogP contribution in [0.4, 0.5) is 0 Å². The van der Waals surface area contributed by atoms with Gasteiger partial charge in [-0.1, -0.05) is 36.0 Å². The standard InChI is InChI=1S/C25H22N6O2S/c1-16-12-17(2)31(30-16)22-9-8-18(13-28-22)14-29-24(32)23-20(15-34-25-26-10-5-11-27-25)19-6-3-4-7-21(19)33-23/h3-13H,14-15H2,1-2H3,(H,29,32). The Balaban J connectivity index is 1.32. The van der Waals surface area contributed by atoms with Crippen LogP contribution in [0.3, 0.4) is 0 Å². The van der Waals surface area contributed by atoms with Crippen LogP contribution in [-0.4, -0.2) is 30.6 Å². The van der Waals surface area contributed by atoms with E-state index in [4.69, 9.17) is 4.42 Å². The zero-order chi connectivity index (χ0) is 23.5. The van der Waals surface area contributed by atoms with Crippen molar-refractivity contribution in [2.45, 2.75) is 31.3 Å². The van der Waals surface area contributed by atoms with Crippen molar-refractivity contribution in [1.82, 2.24) is 30.0 Å². The Labute approximate surface area is 200 Å². The molecular formula is C25H22N6O2S. The number of amides is 1. The number of hydrogen-bond donors (Lipinski definition) is 1. The summed E-state index contributed by atoms with van der Waals surface area (Å²) in [5.41, 5.74) is 4.33. The molecule has 0 aliphatic carbocycles. The summed E-state index contributed by atoms with van der Waals surface area (Å²) in [5.74, 6) is 1.28. The molecule has 1 amide bonds. The van der Waals surface area contributed by atoms with E-state index in [1.165, 1.54) is 11.8 Å². The number of pyridine rings is 1. The predicted octanol–water partition coefficient (Wildman–Crippen LogP) is 4.64. The lowest BCUT2D eigenvalue weighted by molar-refractivity contribution is 0.0924. The number of carbonyl (C=O) groups excluding carboxylic acids is 1. The topological polar surface area (TPSA) is 98.7 Å². The largest absolute Gasteiger partial charge is 0.451 e. The van der Waals surface area contributed by atoms with Crippen molar-refractivity contribution in [3.63, 3.8) is 0 Å². The molecule has 0 bridgehead atoms. The molecule has 0 fully saturated rings. The van der Waals surface area contributed by atoms with Crippen LogP contribution < -0.4 is 5.32 Å². The minimum atomic E-state index is -0.275. The normalized spacial score (nSPS) is 11.1. The van der Waals surface area contributed by atoms with Crippen LogP contribution in [0.1, 0.15) is 33.1 Å². The number of para-hydroxylation sites is 1. The average molecular weight is 471 g/mol. The van der Waals surface area contributed by atoms with E-state index in [0.29, 0.717) is 28.8 Å². The number of carbonyl (C=O) groups is 1. The van der Waals surface area contributed by atoms with E-state index in [0.717, 1.165) is 33.7 Å². The van der Waals surface area contributed by atoms with E-state index in [-0.39, 0.29) is 5.91 Å². The van der Waals surface area contributed by atoms with Gasteiger partial charge >= 0.3 is 0 Å². The SMILES string of the molecule is Cc1cc(C)n(-c2ccc(CNC(=O)c3oc4ccccc4c3CSc3ncccn3)cn2)n1. The maximum Gasteiger partial charge on any atom is 0.287 e. The van der Waals surface area contributed by atoms with Gasteiger partial charge in [-0.2, -0.15) is 5.10 Å². The molecule has 170 valence electrons. The molecule has 4 heterocycles. The highest BCUT2D eigenvalue weighted by Gasteiger charge is 2.21. The number of fused-ring (bicyclic) bond motifs is 1. The van der Waals surface area contributed by atoms with Gasteiger partial charge in [0.05, 0.1) is 5.69 Å². The first-order chi connectivity index (χ1) is 16.6. The maximum atomic E-state index is 13.1. The molecular weight excluding hydrogens is 448 g/mol. The Morgan fingerprint density at radius 2 is 1.88 bits per heavy atom. The third-order valence-electron chi connectivity index (χ3n) is 5.28. The summed E-state index contributed by atoms with van der Waals surface area (Å²) in [4.78, 5) is 26.1. The second-order valence-corrected chi connectivity index (χ2v) is 8.71. The van der Waals surface area contributed by atoms with Gasteiger partial charge in [0.25, 0.3) is 5.91 Å². The first-order valence-corrected chi connectivity index (χ1v) is 11.7. The van der Waals surface area contributed by atoms with E-state index in [2.05, 4.69) is 25.4 Å². The Hall–Kier alpha value is -3.98. The molecule has 5 rings (SSSR count). The van der Waals surface area contributed by atoms with E-state index >= 15 is 0 Å². The molecule has 0 aliphatic heterocycles. The second-order valence-electron chi connectivity index (χ2n) is 7.77. The molecule has 8 nitrogen and oxygen atoms in total. The molecule has 0 unspecified atom stereocenters. The number of aryl methyl sites for hydroxylation is 2. The number of nitrogens with zero attached hydrogens (tertiary/aromatic N) is 5. The molecule has 9 heteroatoms. The van der Waals surface area contributed by atoms with E-state index < -0.39 is 0 Å². The number of aromatic nitrogens is 5. The van der Waals surface area contributed by atoms with Crippen molar-refractivity contribution in [2.24, 2.45) is 0 Å². The minimum absolute atomic E-state index is 0.275. The fraction of sp³-hybridized carbons (Fsp3) is 0.160. The van der Waals surface area contributed by atoms with E-state index in [1.54, 1.807) is 29.3 Å². The monoisotopic (exact) mass is 470 g/mol. The number of hydrogen-bond acceptors (Lipinski definition) is 7. The molecule has 0 atom stereocenters. The van der Waals surface area contributed by atoms with E-state index in [1.807, 2.05) is 56.3 Å². The molecule has 4 aromatic heterocycles. The van der Waals surface area contributed by atoms with Crippen LogP contribution in [-0.2, 0) is 12.3 Å². The van der Waals surface area contributed by atoms with Crippen molar-refractivity contribution in [2.75, 3.05) is 0 Å². The Kier molecular flexibility index (Phi) is 6.09. The first-order valence-electron chi connectivity index (χ1n) is 10.8. The van der Waals surface area contributed by atoms with Gasteiger partial charge in [-0.25, -0.2) is 19.6 Å². The predicted molar refractivity (Wildman–Crippen MR) is 130 cm³/mol. The molecule has 0 spiro atoms. The Bertz CT molecular complexity index is 1440. The average Bonchev–Trinajstić information content (AvgIpc) is 3.41. The van der Waals surface area contributed by atoms with Gasteiger partial charge < -0.3 is 9.73 Å². The zero-order valence-corrected chi connectivity index (χ0v) is 19.5. The third-order valence-corrected chi connectivity index (χ3v) is 6.18. The summed E-state index contributed by atoms with van der Waals surface area (Å²) < 4.78 is 7.73. The number of thioether (sulfide) groups is 1. The lowest BCUT2D eigenvalue weighted by Gasteiger charge is -2.07. The number of nitrogens with one attached hydrogen (secondary N) is 1. The molecule has 1 N–H and O–H groups in total. The summed E-state index contributed by atoms with van der Waals surface area (Å²) in [6, 6.07) is 15.2. The molecule has 0 saturated carbocycles. The van der Waals surface area contributed by atoms with Crippen molar-refractivity contribution in [1.29, 1.82) is 0 Å². The summed E-state index contributed by atoms with van der Waals surface area (Å²) in [6.07, 6.45) is 5.14. The second kappa shape index (κ2) is 9.48. The highest BCUT2D eigenvalue weighted by molar-refractivity contribution is 7.98. The number of benzene rings is 1.